The van der Waals surface area contributed by atoms with Gasteiger partial charge in [0.05, 0.1) is 35.0 Å². The van der Waals surface area contributed by atoms with Crippen molar-refractivity contribution in [2.75, 3.05) is 32.1 Å². The average Bonchev–Trinajstić information content (AvgIpc) is 3.62. The maximum absolute atomic E-state index is 9.32. The molecule has 0 aliphatic heterocycles. The molecule has 2 aliphatic rings. The van der Waals surface area contributed by atoms with Gasteiger partial charge in [-0.05, 0) is 63.0 Å². The Bertz CT molecular complexity index is 997. The highest BCUT2D eigenvalue weighted by Crippen LogP contribution is 2.45. The predicted molar refractivity (Wildman–Crippen MR) is 133 cm³/mol. The molecule has 6 nitrogen and oxygen atoms in total. The second-order valence-electron chi connectivity index (χ2n) is 9.33. The van der Waals surface area contributed by atoms with E-state index in [1.807, 2.05) is 6.07 Å². The predicted octanol–water partition coefficient (Wildman–Crippen LogP) is 5.50. The third kappa shape index (κ3) is 6.36. The van der Waals surface area contributed by atoms with E-state index in [0.717, 1.165) is 54.9 Å². The van der Waals surface area contributed by atoms with Crippen LogP contribution < -0.4 is 10.6 Å². The fourth-order valence-electron chi connectivity index (χ4n) is 4.52. The lowest BCUT2D eigenvalue weighted by Gasteiger charge is -2.29. The number of aromatic nitrogens is 2. The van der Waals surface area contributed by atoms with E-state index in [0.29, 0.717) is 28.7 Å². The number of nitrogens with zero attached hydrogens (tertiary/aromatic N) is 3. The Morgan fingerprint density at radius 1 is 1.12 bits per heavy atom. The molecule has 176 valence electrons. The lowest BCUT2D eigenvalue weighted by molar-refractivity contribution is 0.188. The summed E-state index contributed by atoms with van der Waals surface area (Å²) in [6, 6.07) is 7.00. The Kier molecular flexibility index (Phi) is 8.08. The second-order valence-corrected chi connectivity index (χ2v) is 10.1. The van der Waals surface area contributed by atoms with Crippen molar-refractivity contribution in [2.24, 2.45) is 11.3 Å². The molecule has 2 aromatic rings. The van der Waals surface area contributed by atoms with Crippen molar-refractivity contribution in [1.29, 1.82) is 5.26 Å². The highest BCUT2D eigenvalue weighted by atomic mass is 35.5. The van der Waals surface area contributed by atoms with Crippen LogP contribution >= 0.6 is 23.2 Å². The summed E-state index contributed by atoms with van der Waals surface area (Å²) in [5.74, 6) is 0.620. The molecule has 2 saturated carbocycles. The van der Waals surface area contributed by atoms with Crippen LogP contribution in [-0.2, 0) is 11.2 Å². The van der Waals surface area contributed by atoms with Crippen LogP contribution in [0, 0.1) is 22.7 Å². The SMILES string of the molecule is COCCNC1CCC(Cc2cc(-c3cc(NCC4(C#N)CC4)cnc3Cl)c(Cl)cn2)CC1. The van der Waals surface area contributed by atoms with Gasteiger partial charge in [0.25, 0.3) is 0 Å². The van der Waals surface area contributed by atoms with Gasteiger partial charge in [-0.2, -0.15) is 5.26 Å². The maximum atomic E-state index is 9.32. The number of halogens is 2. The molecular formula is C25H31Cl2N5O. The van der Waals surface area contributed by atoms with E-state index in [1.165, 1.54) is 25.7 Å². The van der Waals surface area contributed by atoms with Crippen molar-refractivity contribution in [1.82, 2.24) is 15.3 Å². The third-order valence-corrected chi connectivity index (χ3v) is 7.45. The fourth-order valence-corrected chi connectivity index (χ4v) is 4.93. The van der Waals surface area contributed by atoms with Gasteiger partial charge in [0, 0.05) is 49.3 Å². The molecule has 2 heterocycles. The van der Waals surface area contributed by atoms with E-state index in [1.54, 1.807) is 19.5 Å². The highest BCUT2D eigenvalue weighted by molar-refractivity contribution is 6.35. The smallest absolute Gasteiger partial charge is 0.137 e. The van der Waals surface area contributed by atoms with Crippen molar-refractivity contribution < 1.29 is 4.74 Å². The summed E-state index contributed by atoms with van der Waals surface area (Å²) >= 11 is 13.0. The van der Waals surface area contributed by atoms with Crippen LogP contribution in [0.15, 0.2) is 24.5 Å². The molecule has 0 saturated heterocycles. The van der Waals surface area contributed by atoms with Gasteiger partial charge in [-0.15, -0.1) is 0 Å². The zero-order chi connectivity index (χ0) is 23.3. The molecule has 33 heavy (non-hydrogen) atoms. The Morgan fingerprint density at radius 2 is 1.91 bits per heavy atom. The molecule has 0 radical (unpaired) electrons. The van der Waals surface area contributed by atoms with Crippen molar-refractivity contribution in [3.63, 3.8) is 0 Å². The normalized spacial score (nSPS) is 21.4. The van der Waals surface area contributed by atoms with Gasteiger partial charge in [0.1, 0.15) is 5.15 Å². The minimum atomic E-state index is -0.237. The van der Waals surface area contributed by atoms with Gasteiger partial charge in [-0.25, -0.2) is 4.98 Å². The van der Waals surface area contributed by atoms with Crippen molar-refractivity contribution in [3.8, 4) is 17.2 Å². The number of anilines is 1. The molecule has 2 aromatic heterocycles. The molecule has 0 spiro atoms. The van der Waals surface area contributed by atoms with Gasteiger partial charge in [0.15, 0.2) is 0 Å². The quantitative estimate of drug-likeness (QED) is 0.339. The summed E-state index contributed by atoms with van der Waals surface area (Å²) in [4.78, 5) is 8.95. The van der Waals surface area contributed by atoms with Crippen LogP contribution in [0.4, 0.5) is 5.69 Å². The van der Waals surface area contributed by atoms with E-state index in [2.05, 4.69) is 32.7 Å². The summed E-state index contributed by atoms with van der Waals surface area (Å²) in [5.41, 5.74) is 3.26. The number of hydrogen-bond acceptors (Lipinski definition) is 6. The van der Waals surface area contributed by atoms with Gasteiger partial charge in [0.2, 0.25) is 0 Å². The molecule has 0 bridgehead atoms. The topological polar surface area (TPSA) is 82.9 Å². The first kappa shape index (κ1) is 24.2. The lowest BCUT2D eigenvalue weighted by atomic mass is 9.83. The molecule has 0 aromatic carbocycles. The summed E-state index contributed by atoms with van der Waals surface area (Å²) in [6.07, 6.45) is 11.0. The summed E-state index contributed by atoms with van der Waals surface area (Å²) in [5, 5.41) is 17.2. The highest BCUT2D eigenvalue weighted by Gasteiger charge is 2.42. The Labute approximate surface area is 206 Å². The molecule has 2 aliphatic carbocycles. The number of nitriles is 1. The van der Waals surface area contributed by atoms with Crippen LogP contribution in [0.3, 0.4) is 0 Å². The Hall–Kier alpha value is -1.91. The lowest BCUT2D eigenvalue weighted by Crippen LogP contribution is -2.35. The van der Waals surface area contributed by atoms with Crippen LogP contribution in [0.1, 0.15) is 44.2 Å². The number of methoxy groups -OCH3 is 1. The molecule has 2 N–H and O–H groups in total. The monoisotopic (exact) mass is 487 g/mol. The first-order valence-electron chi connectivity index (χ1n) is 11.7. The minimum Gasteiger partial charge on any atom is -0.383 e. The van der Waals surface area contributed by atoms with Crippen LogP contribution in [0.5, 0.6) is 0 Å². The molecule has 0 amide bonds. The van der Waals surface area contributed by atoms with Crippen molar-refractivity contribution in [3.05, 3.63) is 40.4 Å². The summed E-state index contributed by atoms with van der Waals surface area (Å²) in [7, 11) is 1.74. The molecule has 8 heteroatoms. The zero-order valence-electron chi connectivity index (χ0n) is 19.0. The third-order valence-electron chi connectivity index (χ3n) is 6.85. The molecule has 2 fully saturated rings. The van der Waals surface area contributed by atoms with Gasteiger partial charge >= 0.3 is 0 Å². The van der Waals surface area contributed by atoms with E-state index < -0.39 is 0 Å². The van der Waals surface area contributed by atoms with E-state index in [9.17, 15) is 5.26 Å². The number of pyridine rings is 2. The van der Waals surface area contributed by atoms with E-state index in [-0.39, 0.29) is 5.41 Å². The summed E-state index contributed by atoms with van der Waals surface area (Å²) < 4.78 is 5.13. The van der Waals surface area contributed by atoms with E-state index in [4.69, 9.17) is 27.9 Å². The number of hydrogen-bond donors (Lipinski definition) is 2. The molecule has 0 atom stereocenters. The van der Waals surface area contributed by atoms with Crippen LogP contribution in [0.25, 0.3) is 11.1 Å². The van der Waals surface area contributed by atoms with Crippen LogP contribution in [-0.4, -0.2) is 42.8 Å². The molecule has 0 unspecified atom stereocenters. The number of nitrogens with one attached hydrogen (secondary N) is 2. The first-order valence-corrected chi connectivity index (χ1v) is 12.5. The first-order chi connectivity index (χ1) is 16.0. The average molecular weight is 488 g/mol. The van der Waals surface area contributed by atoms with Crippen molar-refractivity contribution in [2.45, 2.75) is 51.0 Å². The largest absolute Gasteiger partial charge is 0.383 e. The number of ether oxygens (including phenoxy) is 1. The van der Waals surface area contributed by atoms with Crippen LogP contribution in [0.2, 0.25) is 10.2 Å². The van der Waals surface area contributed by atoms with Gasteiger partial charge in [-0.1, -0.05) is 23.2 Å². The zero-order valence-corrected chi connectivity index (χ0v) is 20.6. The minimum absolute atomic E-state index is 0.237. The van der Waals surface area contributed by atoms with Crippen molar-refractivity contribution >= 4 is 28.9 Å². The maximum Gasteiger partial charge on any atom is 0.137 e. The Morgan fingerprint density at radius 3 is 2.61 bits per heavy atom. The standard InChI is InChI=1S/C25H31Cl2N5O/c1-33-9-8-29-18-4-2-17(3-5-18)10-19-11-21(23(26)14-30-19)22-12-20(13-31-24(22)27)32-16-25(15-28)6-7-25/h11-14,17-18,29,32H,2-10,16H2,1H3. The van der Waals surface area contributed by atoms with Gasteiger partial charge < -0.3 is 15.4 Å². The molecular weight excluding hydrogens is 457 g/mol. The summed E-state index contributed by atoms with van der Waals surface area (Å²) in [6.45, 7) is 2.28. The molecule has 4 rings (SSSR count). The van der Waals surface area contributed by atoms with E-state index >= 15 is 0 Å². The second kappa shape index (κ2) is 11.0. The van der Waals surface area contributed by atoms with Gasteiger partial charge in [-0.3, -0.25) is 4.98 Å². The fraction of sp³-hybridized carbons (Fsp3) is 0.560. The number of rotatable bonds is 10. The Balaban J connectivity index is 1.41.